The van der Waals surface area contributed by atoms with Crippen molar-refractivity contribution in [2.24, 2.45) is 0 Å². The van der Waals surface area contributed by atoms with Crippen molar-refractivity contribution in [3.8, 4) is 0 Å². The Morgan fingerprint density at radius 3 is 3.00 bits per heavy atom. The molecule has 1 aromatic carbocycles. The molecule has 0 saturated carbocycles. The van der Waals surface area contributed by atoms with E-state index in [4.69, 9.17) is 4.42 Å². The molecule has 4 heteroatoms. The topological polar surface area (TPSA) is 49.5 Å². The summed E-state index contributed by atoms with van der Waals surface area (Å²) in [7, 11) is 0. The van der Waals surface area contributed by atoms with Crippen molar-refractivity contribution >= 4 is 11.1 Å². The van der Waals surface area contributed by atoms with Crippen LogP contribution < -0.4 is 0 Å². The van der Waals surface area contributed by atoms with E-state index in [1.165, 1.54) is 19.3 Å². The van der Waals surface area contributed by atoms with Crippen LogP contribution in [0.5, 0.6) is 0 Å². The number of fused-ring (bicyclic) bond motifs is 1. The average Bonchev–Trinajstić information content (AvgIpc) is 2.70. The molecule has 1 aromatic heterocycles. The fourth-order valence-electron chi connectivity index (χ4n) is 2.81. The highest BCUT2D eigenvalue weighted by Gasteiger charge is 2.22. The number of hydrogen-bond donors (Lipinski definition) is 1. The van der Waals surface area contributed by atoms with Gasteiger partial charge in [-0.1, -0.05) is 25.0 Å². The molecule has 0 spiro atoms. The zero-order chi connectivity index (χ0) is 13.1. The van der Waals surface area contributed by atoms with E-state index in [0.29, 0.717) is 6.54 Å². The number of nitrogens with zero attached hydrogens (tertiary/aromatic N) is 2. The van der Waals surface area contributed by atoms with Gasteiger partial charge in [0.1, 0.15) is 5.52 Å². The standard InChI is InChI=1S/C15H20N2O2/c18-11-12-6-2-1-5-9-17(12)10-15-16-13-7-3-4-8-14(13)19-15/h3-4,7-8,12,18H,1-2,5-6,9-11H2. The van der Waals surface area contributed by atoms with E-state index in [0.717, 1.165) is 30.0 Å². The van der Waals surface area contributed by atoms with E-state index in [9.17, 15) is 5.11 Å². The molecule has 102 valence electrons. The Bertz CT molecular complexity index is 505. The minimum absolute atomic E-state index is 0.222. The predicted molar refractivity (Wildman–Crippen MR) is 73.8 cm³/mol. The minimum atomic E-state index is 0.222. The lowest BCUT2D eigenvalue weighted by atomic mass is 10.1. The van der Waals surface area contributed by atoms with Crippen LogP contribution in [0.1, 0.15) is 31.6 Å². The van der Waals surface area contributed by atoms with Crippen LogP contribution in [-0.4, -0.2) is 34.2 Å². The van der Waals surface area contributed by atoms with Gasteiger partial charge in [-0.25, -0.2) is 4.98 Å². The maximum Gasteiger partial charge on any atom is 0.209 e. The van der Waals surface area contributed by atoms with Crippen molar-refractivity contribution in [2.75, 3.05) is 13.2 Å². The number of aromatic nitrogens is 1. The van der Waals surface area contributed by atoms with Gasteiger partial charge in [-0.3, -0.25) is 4.90 Å². The van der Waals surface area contributed by atoms with Crippen LogP contribution in [0.3, 0.4) is 0 Å². The summed E-state index contributed by atoms with van der Waals surface area (Å²) in [6, 6.07) is 8.08. The Morgan fingerprint density at radius 1 is 1.26 bits per heavy atom. The molecule has 2 aromatic rings. The first kappa shape index (κ1) is 12.6. The van der Waals surface area contributed by atoms with Crippen molar-refractivity contribution in [1.29, 1.82) is 0 Å². The van der Waals surface area contributed by atoms with Crippen LogP contribution in [-0.2, 0) is 6.54 Å². The van der Waals surface area contributed by atoms with Crippen molar-refractivity contribution in [3.05, 3.63) is 30.2 Å². The Morgan fingerprint density at radius 2 is 2.16 bits per heavy atom. The molecule has 0 bridgehead atoms. The molecule has 1 aliphatic heterocycles. The number of hydrogen-bond acceptors (Lipinski definition) is 4. The van der Waals surface area contributed by atoms with Crippen LogP contribution in [0.2, 0.25) is 0 Å². The van der Waals surface area contributed by atoms with Gasteiger partial charge in [0.2, 0.25) is 5.89 Å². The first-order valence-corrected chi connectivity index (χ1v) is 7.06. The van der Waals surface area contributed by atoms with Crippen LogP contribution in [0.4, 0.5) is 0 Å². The Labute approximate surface area is 113 Å². The summed E-state index contributed by atoms with van der Waals surface area (Å²) in [5.74, 6) is 0.751. The number of oxazole rings is 1. The fraction of sp³-hybridized carbons (Fsp3) is 0.533. The average molecular weight is 260 g/mol. The zero-order valence-electron chi connectivity index (χ0n) is 11.1. The van der Waals surface area contributed by atoms with Crippen molar-refractivity contribution in [2.45, 2.75) is 38.3 Å². The molecule has 0 radical (unpaired) electrons. The molecule has 1 aliphatic rings. The molecule has 2 heterocycles. The number of aliphatic hydroxyl groups excluding tert-OH is 1. The Kier molecular flexibility index (Phi) is 3.80. The van der Waals surface area contributed by atoms with E-state index in [1.807, 2.05) is 24.3 Å². The van der Waals surface area contributed by atoms with Crippen LogP contribution >= 0.6 is 0 Å². The number of likely N-dealkylation sites (tertiary alicyclic amines) is 1. The summed E-state index contributed by atoms with van der Waals surface area (Å²) < 4.78 is 5.77. The maximum absolute atomic E-state index is 9.51. The lowest BCUT2D eigenvalue weighted by Crippen LogP contribution is -2.36. The highest BCUT2D eigenvalue weighted by atomic mass is 16.3. The first-order chi connectivity index (χ1) is 9.36. The second-order valence-corrected chi connectivity index (χ2v) is 5.23. The Hall–Kier alpha value is -1.39. The van der Waals surface area contributed by atoms with E-state index >= 15 is 0 Å². The summed E-state index contributed by atoms with van der Waals surface area (Å²) in [6.45, 7) is 1.93. The molecule has 1 saturated heterocycles. The highest BCUT2D eigenvalue weighted by molar-refractivity contribution is 5.72. The monoisotopic (exact) mass is 260 g/mol. The molecule has 1 unspecified atom stereocenters. The molecule has 3 rings (SSSR count). The molecule has 0 aliphatic carbocycles. The molecule has 1 atom stereocenters. The van der Waals surface area contributed by atoms with Crippen LogP contribution in [0.15, 0.2) is 28.7 Å². The smallest absolute Gasteiger partial charge is 0.209 e. The van der Waals surface area contributed by atoms with E-state index in [2.05, 4.69) is 9.88 Å². The third-order valence-electron chi connectivity index (χ3n) is 3.89. The molecule has 1 N–H and O–H groups in total. The van der Waals surface area contributed by atoms with Gasteiger partial charge in [-0.2, -0.15) is 0 Å². The van der Waals surface area contributed by atoms with Gasteiger partial charge in [-0.15, -0.1) is 0 Å². The third kappa shape index (κ3) is 2.80. The van der Waals surface area contributed by atoms with Gasteiger partial charge < -0.3 is 9.52 Å². The Balaban J connectivity index is 1.78. The van der Waals surface area contributed by atoms with E-state index < -0.39 is 0 Å². The molecular weight excluding hydrogens is 240 g/mol. The molecule has 4 nitrogen and oxygen atoms in total. The zero-order valence-corrected chi connectivity index (χ0v) is 11.1. The number of benzene rings is 1. The van der Waals surface area contributed by atoms with Crippen LogP contribution in [0.25, 0.3) is 11.1 Å². The predicted octanol–water partition coefficient (Wildman–Crippen LogP) is 2.56. The number of para-hydroxylation sites is 2. The van der Waals surface area contributed by atoms with Crippen molar-refractivity contribution < 1.29 is 9.52 Å². The van der Waals surface area contributed by atoms with Gasteiger partial charge in [0.05, 0.1) is 13.2 Å². The normalized spacial score (nSPS) is 21.6. The SMILES string of the molecule is OCC1CCCCCN1Cc1nc2ccccc2o1. The largest absolute Gasteiger partial charge is 0.439 e. The van der Waals surface area contributed by atoms with Crippen molar-refractivity contribution in [1.82, 2.24) is 9.88 Å². The van der Waals surface area contributed by atoms with E-state index in [-0.39, 0.29) is 12.6 Å². The van der Waals surface area contributed by atoms with Gasteiger partial charge in [-0.05, 0) is 31.5 Å². The second-order valence-electron chi connectivity index (χ2n) is 5.23. The molecule has 0 amide bonds. The summed E-state index contributed by atoms with van der Waals surface area (Å²) in [6.07, 6.45) is 4.71. The lowest BCUT2D eigenvalue weighted by molar-refractivity contribution is 0.110. The maximum atomic E-state index is 9.51. The quantitative estimate of drug-likeness (QED) is 0.921. The summed E-state index contributed by atoms with van der Waals surface area (Å²) in [5.41, 5.74) is 1.75. The van der Waals surface area contributed by atoms with Crippen molar-refractivity contribution in [3.63, 3.8) is 0 Å². The first-order valence-electron chi connectivity index (χ1n) is 7.06. The van der Waals surface area contributed by atoms with E-state index in [1.54, 1.807) is 0 Å². The summed E-state index contributed by atoms with van der Waals surface area (Å²) >= 11 is 0. The van der Waals surface area contributed by atoms with Gasteiger partial charge in [0.25, 0.3) is 0 Å². The number of rotatable bonds is 3. The molecule has 19 heavy (non-hydrogen) atoms. The molecule has 1 fully saturated rings. The summed E-state index contributed by atoms with van der Waals surface area (Å²) in [4.78, 5) is 6.82. The van der Waals surface area contributed by atoms with Crippen LogP contribution in [0, 0.1) is 0 Å². The highest BCUT2D eigenvalue weighted by Crippen LogP contribution is 2.21. The summed E-state index contributed by atoms with van der Waals surface area (Å²) in [5, 5.41) is 9.51. The molecular formula is C15H20N2O2. The number of aliphatic hydroxyl groups is 1. The third-order valence-corrected chi connectivity index (χ3v) is 3.89. The van der Waals surface area contributed by atoms with Gasteiger partial charge >= 0.3 is 0 Å². The fourth-order valence-corrected chi connectivity index (χ4v) is 2.81. The van der Waals surface area contributed by atoms with Gasteiger partial charge in [0.15, 0.2) is 5.58 Å². The van der Waals surface area contributed by atoms with Gasteiger partial charge in [0, 0.05) is 6.04 Å². The lowest BCUT2D eigenvalue weighted by Gasteiger charge is -2.26. The second kappa shape index (κ2) is 5.72. The minimum Gasteiger partial charge on any atom is -0.439 e.